The Balaban J connectivity index is 1.77. The number of rotatable bonds is 3. The summed E-state index contributed by atoms with van der Waals surface area (Å²) in [5.41, 5.74) is 2.68. The minimum Gasteiger partial charge on any atom is -0.488 e. The molecule has 0 aromatic heterocycles. The summed E-state index contributed by atoms with van der Waals surface area (Å²) in [6.45, 7) is 8.59. The smallest absolute Gasteiger partial charge is 0.120 e. The molecule has 3 unspecified atom stereocenters. The second-order valence-corrected chi connectivity index (χ2v) is 7.96. The molecule has 1 saturated heterocycles. The molecule has 2 aromatic carbocycles. The van der Waals surface area contributed by atoms with Gasteiger partial charge in [-0.2, -0.15) is 0 Å². The van der Waals surface area contributed by atoms with Crippen molar-refractivity contribution < 1.29 is 4.74 Å². The molecule has 0 bridgehead atoms. The third kappa shape index (κ3) is 3.64. The minimum atomic E-state index is -0.154. The van der Waals surface area contributed by atoms with Crippen LogP contribution in [0, 0.1) is 0 Å². The molecule has 0 radical (unpaired) electrons. The lowest BCUT2D eigenvalue weighted by atomic mass is 9.90. The van der Waals surface area contributed by atoms with Gasteiger partial charge < -0.3 is 4.74 Å². The van der Waals surface area contributed by atoms with Crippen molar-refractivity contribution in [1.82, 2.24) is 4.90 Å². The molecular weight excluding hydrogens is 294 g/mol. The molecule has 3 atom stereocenters. The van der Waals surface area contributed by atoms with Crippen molar-refractivity contribution in [3.05, 3.63) is 65.7 Å². The molecule has 0 aliphatic carbocycles. The molecule has 128 valence electrons. The molecule has 24 heavy (non-hydrogen) atoms. The van der Waals surface area contributed by atoms with Gasteiger partial charge in [-0.1, -0.05) is 42.5 Å². The van der Waals surface area contributed by atoms with Gasteiger partial charge >= 0.3 is 0 Å². The van der Waals surface area contributed by atoms with Crippen molar-refractivity contribution in [2.75, 3.05) is 7.05 Å². The number of nitrogens with zero attached hydrogens (tertiary/aromatic N) is 1. The van der Waals surface area contributed by atoms with Crippen LogP contribution < -0.4 is 4.74 Å². The predicted molar refractivity (Wildman–Crippen MR) is 101 cm³/mol. The van der Waals surface area contributed by atoms with Gasteiger partial charge in [0.15, 0.2) is 0 Å². The van der Waals surface area contributed by atoms with Gasteiger partial charge in [-0.3, -0.25) is 4.90 Å². The largest absolute Gasteiger partial charge is 0.488 e. The van der Waals surface area contributed by atoms with Crippen LogP contribution in [0.1, 0.15) is 57.2 Å². The lowest BCUT2D eigenvalue weighted by Gasteiger charge is -2.25. The van der Waals surface area contributed by atoms with Crippen molar-refractivity contribution in [2.24, 2.45) is 0 Å². The first-order chi connectivity index (χ1) is 11.3. The maximum absolute atomic E-state index is 5.94. The van der Waals surface area contributed by atoms with Gasteiger partial charge in [0, 0.05) is 18.0 Å². The Morgan fingerprint density at radius 2 is 1.54 bits per heavy atom. The van der Waals surface area contributed by atoms with Gasteiger partial charge in [-0.25, -0.2) is 0 Å². The Bertz CT molecular complexity index is 657. The lowest BCUT2D eigenvalue weighted by molar-refractivity contribution is 0.131. The second kappa shape index (κ2) is 6.60. The van der Waals surface area contributed by atoms with Gasteiger partial charge in [-0.05, 0) is 64.4 Å². The predicted octanol–water partition coefficient (Wildman–Crippen LogP) is 5.41. The summed E-state index contributed by atoms with van der Waals surface area (Å²) < 4.78 is 5.94. The van der Waals surface area contributed by atoms with Crippen LogP contribution in [0.15, 0.2) is 54.6 Å². The summed E-state index contributed by atoms with van der Waals surface area (Å²) in [5.74, 6) is 1.53. The van der Waals surface area contributed by atoms with E-state index in [0.717, 1.165) is 5.75 Å². The van der Waals surface area contributed by atoms with Gasteiger partial charge in [0.25, 0.3) is 0 Å². The number of hydrogen-bond acceptors (Lipinski definition) is 2. The monoisotopic (exact) mass is 323 g/mol. The van der Waals surface area contributed by atoms with Crippen molar-refractivity contribution in [3.8, 4) is 5.75 Å². The lowest BCUT2D eigenvalue weighted by Crippen LogP contribution is -2.27. The number of benzene rings is 2. The Morgan fingerprint density at radius 1 is 0.917 bits per heavy atom. The molecule has 0 spiro atoms. The molecule has 1 aliphatic heterocycles. The number of ether oxygens (including phenoxy) is 1. The first-order valence-corrected chi connectivity index (χ1v) is 8.91. The zero-order valence-electron chi connectivity index (χ0n) is 15.5. The van der Waals surface area contributed by atoms with Crippen LogP contribution in [0.2, 0.25) is 0 Å². The van der Waals surface area contributed by atoms with Gasteiger partial charge in [0.05, 0.1) is 0 Å². The van der Waals surface area contributed by atoms with E-state index in [1.165, 1.54) is 17.5 Å². The Hall–Kier alpha value is -1.80. The van der Waals surface area contributed by atoms with E-state index in [4.69, 9.17) is 4.74 Å². The standard InChI is InChI=1S/C22H29NO/c1-16-20(17-9-7-6-8-10-17)15-21(23(16)5)18-11-13-19(14-12-18)24-22(2,3)4/h6-14,16,20-21H,15H2,1-5H3. The van der Waals surface area contributed by atoms with Crippen molar-refractivity contribution in [2.45, 2.75) is 57.7 Å². The van der Waals surface area contributed by atoms with Crippen LogP contribution in [0.4, 0.5) is 0 Å². The molecule has 2 aromatic rings. The molecule has 0 amide bonds. The SMILES string of the molecule is CC1C(c2ccccc2)CC(c2ccc(OC(C)(C)C)cc2)N1C. The molecule has 3 rings (SSSR count). The van der Waals surface area contributed by atoms with Crippen LogP contribution >= 0.6 is 0 Å². The zero-order chi connectivity index (χ0) is 17.3. The van der Waals surface area contributed by atoms with E-state index in [1.54, 1.807) is 0 Å². The minimum absolute atomic E-state index is 0.154. The fourth-order valence-corrected chi connectivity index (χ4v) is 3.77. The first kappa shape index (κ1) is 17.0. The van der Waals surface area contributed by atoms with Gasteiger partial charge in [-0.15, -0.1) is 0 Å². The van der Waals surface area contributed by atoms with Crippen molar-refractivity contribution in [3.63, 3.8) is 0 Å². The molecule has 2 nitrogen and oxygen atoms in total. The number of hydrogen-bond donors (Lipinski definition) is 0. The highest BCUT2D eigenvalue weighted by Gasteiger charge is 2.37. The van der Waals surface area contributed by atoms with E-state index in [-0.39, 0.29) is 5.60 Å². The molecule has 1 fully saturated rings. The average molecular weight is 323 g/mol. The van der Waals surface area contributed by atoms with E-state index in [0.29, 0.717) is 18.0 Å². The van der Waals surface area contributed by atoms with Crippen LogP contribution in [0.25, 0.3) is 0 Å². The topological polar surface area (TPSA) is 12.5 Å². The maximum atomic E-state index is 5.94. The summed E-state index contributed by atoms with van der Waals surface area (Å²) >= 11 is 0. The Morgan fingerprint density at radius 3 is 2.12 bits per heavy atom. The molecule has 1 heterocycles. The molecule has 2 heteroatoms. The quantitative estimate of drug-likeness (QED) is 0.748. The highest BCUT2D eigenvalue weighted by atomic mass is 16.5. The average Bonchev–Trinajstić information content (AvgIpc) is 2.84. The Kier molecular flexibility index (Phi) is 4.69. The van der Waals surface area contributed by atoms with E-state index >= 15 is 0 Å². The summed E-state index contributed by atoms with van der Waals surface area (Å²) in [6.07, 6.45) is 1.17. The third-order valence-electron chi connectivity index (χ3n) is 5.11. The van der Waals surface area contributed by atoms with Crippen molar-refractivity contribution >= 4 is 0 Å². The van der Waals surface area contributed by atoms with Crippen LogP contribution in [-0.2, 0) is 0 Å². The molecule has 0 saturated carbocycles. The Labute approximate surface area is 146 Å². The highest BCUT2D eigenvalue weighted by molar-refractivity contribution is 5.32. The molecule has 0 N–H and O–H groups in total. The summed E-state index contributed by atoms with van der Waals surface area (Å²) in [5, 5.41) is 0. The second-order valence-electron chi connectivity index (χ2n) is 7.96. The summed E-state index contributed by atoms with van der Waals surface area (Å²) in [7, 11) is 2.25. The van der Waals surface area contributed by atoms with Gasteiger partial charge in [0.1, 0.15) is 11.4 Å². The van der Waals surface area contributed by atoms with E-state index in [1.807, 2.05) is 0 Å². The van der Waals surface area contributed by atoms with Gasteiger partial charge in [0.2, 0.25) is 0 Å². The number of likely N-dealkylation sites (N-methyl/N-ethyl adjacent to an activating group) is 1. The van der Waals surface area contributed by atoms with Crippen LogP contribution in [-0.4, -0.2) is 23.6 Å². The van der Waals surface area contributed by atoms with Crippen LogP contribution in [0.5, 0.6) is 5.75 Å². The highest BCUT2D eigenvalue weighted by Crippen LogP contribution is 2.44. The van der Waals surface area contributed by atoms with E-state index < -0.39 is 0 Å². The molecule has 1 aliphatic rings. The fraction of sp³-hybridized carbons (Fsp3) is 0.455. The summed E-state index contributed by atoms with van der Waals surface area (Å²) in [6, 6.07) is 20.6. The van der Waals surface area contributed by atoms with Crippen LogP contribution in [0.3, 0.4) is 0 Å². The normalized spacial score (nSPS) is 25.0. The number of likely N-dealkylation sites (tertiary alicyclic amines) is 1. The zero-order valence-corrected chi connectivity index (χ0v) is 15.5. The van der Waals surface area contributed by atoms with E-state index in [9.17, 15) is 0 Å². The van der Waals surface area contributed by atoms with Crippen molar-refractivity contribution in [1.29, 1.82) is 0 Å². The third-order valence-corrected chi connectivity index (χ3v) is 5.11. The fourth-order valence-electron chi connectivity index (χ4n) is 3.77. The molecular formula is C22H29NO. The maximum Gasteiger partial charge on any atom is 0.120 e. The summed E-state index contributed by atoms with van der Waals surface area (Å²) in [4.78, 5) is 2.51. The van der Waals surface area contributed by atoms with E-state index in [2.05, 4.69) is 94.2 Å². The first-order valence-electron chi connectivity index (χ1n) is 8.91.